The Morgan fingerprint density at radius 2 is 1.62 bits per heavy atom. The van der Waals surface area contributed by atoms with E-state index in [0.29, 0.717) is 42.6 Å². The van der Waals surface area contributed by atoms with Gasteiger partial charge in [0.1, 0.15) is 24.7 Å². The van der Waals surface area contributed by atoms with Gasteiger partial charge in [-0.05, 0) is 69.5 Å². The van der Waals surface area contributed by atoms with Crippen molar-refractivity contribution in [2.45, 2.75) is 26.7 Å². The Hall–Kier alpha value is -3.99. The van der Waals surface area contributed by atoms with E-state index in [4.69, 9.17) is 18.9 Å². The first kappa shape index (κ1) is 28.0. The summed E-state index contributed by atoms with van der Waals surface area (Å²) in [5, 5.41) is 12.6. The molecule has 0 heterocycles. The van der Waals surface area contributed by atoms with E-state index in [-0.39, 0.29) is 0 Å². The molecule has 0 aliphatic carbocycles. The average Bonchev–Trinajstić information content (AvgIpc) is 2.98. The van der Waals surface area contributed by atoms with Crippen molar-refractivity contribution in [1.29, 1.82) is 5.26 Å². The number of methoxy groups -OCH3 is 2. The number of nitrogens with zero attached hydrogens (tertiary/aromatic N) is 1. The zero-order valence-electron chi connectivity index (χ0n) is 22.3. The lowest BCUT2D eigenvalue weighted by Crippen LogP contribution is -2.13. The van der Waals surface area contributed by atoms with Crippen LogP contribution in [0.15, 0.2) is 83.3 Å². The van der Waals surface area contributed by atoms with Crippen LogP contribution in [-0.2, 0) is 19.8 Å². The summed E-state index contributed by atoms with van der Waals surface area (Å²) in [5.41, 5.74) is 5.63. The van der Waals surface area contributed by atoms with Gasteiger partial charge < -0.3 is 24.3 Å². The molecule has 6 nitrogen and oxygen atoms in total. The number of rotatable bonds is 12. The third-order valence-electron chi connectivity index (χ3n) is 6.22. The summed E-state index contributed by atoms with van der Waals surface area (Å²) >= 11 is 3.78. The lowest BCUT2D eigenvalue weighted by molar-refractivity contribution is 0.287. The molecule has 1 N–H and O–H groups in total. The SMILES string of the molecule is CCNCc1ccc(OCc2cccc(-c3ccc(OC)c(OC)c3)c2Br)cc1OCc1cccc(C#N)c1. The summed E-state index contributed by atoms with van der Waals surface area (Å²) in [6.07, 6.45) is 0. The minimum Gasteiger partial charge on any atom is -0.493 e. The molecule has 0 aliphatic rings. The molecule has 0 unspecified atom stereocenters. The summed E-state index contributed by atoms with van der Waals surface area (Å²) in [7, 11) is 3.26. The number of ether oxygens (including phenoxy) is 4. The Morgan fingerprint density at radius 3 is 2.38 bits per heavy atom. The van der Waals surface area contributed by atoms with Crippen LogP contribution in [0.1, 0.15) is 29.2 Å². The summed E-state index contributed by atoms with van der Waals surface area (Å²) in [6, 6.07) is 27.5. The fourth-order valence-corrected chi connectivity index (χ4v) is 4.74. The van der Waals surface area contributed by atoms with Crippen molar-refractivity contribution in [2.75, 3.05) is 20.8 Å². The summed E-state index contributed by atoms with van der Waals surface area (Å²) in [5.74, 6) is 2.81. The van der Waals surface area contributed by atoms with Crippen molar-refractivity contribution >= 4 is 15.9 Å². The van der Waals surface area contributed by atoms with E-state index in [1.54, 1.807) is 20.3 Å². The van der Waals surface area contributed by atoms with Crippen molar-refractivity contribution in [3.05, 3.63) is 106 Å². The summed E-state index contributed by atoms with van der Waals surface area (Å²) in [4.78, 5) is 0. The van der Waals surface area contributed by atoms with Gasteiger partial charge in [0, 0.05) is 28.2 Å². The molecule has 0 aliphatic heterocycles. The first-order chi connectivity index (χ1) is 19.1. The van der Waals surface area contributed by atoms with Crippen LogP contribution in [-0.4, -0.2) is 20.8 Å². The highest BCUT2D eigenvalue weighted by atomic mass is 79.9. The minimum absolute atomic E-state index is 0.358. The standard InChI is InChI=1S/C32H31BrN2O4/c1-4-35-19-25-11-13-27(17-30(25)39-20-23-8-5-7-22(15-23)18-34)38-21-26-9-6-10-28(32(26)33)24-12-14-29(36-2)31(16-24)37-3/h5-17,35H,4,19-21H2,1-3H3. The van der Waals surface area contributed by atoms with E-state index in [0.717, 1.165) is 44.6 Å². The van der Waals surface area contributed by atoms with E-state index in [1.807, 2.05) is 66.7 Å². The highest BCUT2D eigenvalue weighted by molar-refractivity contribution is 9.10. The summed E-state index contributed by atoms with van der Waals surface area (Å²) in [6.45, 7) is 4.34. The van der Waals surface area contributed by atoms with Gasteiger partial charge in [-0.3, -0.25) is 0 Å². The molecule has 0 amide bonds. The van der Waals surface area contributed by atoms with Crippen LogP contribution in [0, 0.1) is 11.3 Å². The molecule has 39 heavy (non-hydrogen) atoms. The smallest absolute Gasteiger partial charge is 0.161 e. The second-order valence-corrected chi connectivity index (χ2v) is 9.58. The van der Waals surface area contributed by atoms with Gasteiger partial charge in [0.15, 0.2) is 11.5 Å². The number of nitriles is 1. The van der Waals surface area contributed by atoms with E-state index in [1.165, 1.54) is 0 Å². The first-order valence-corrected chi connectivity index (χ1v) is 13.4. The van der Waals surface area contributed by atoms with Gasteiger partial charge >= 0.3 is 0 Å². The van der Waals surface area contributed by atoms with Crippen LogP contribution in [0.3, 0.4) is 0 Å². The Bertz CT molecular complexity index is 1470. The van der Waals surface area contributed by atoms with Crippen LogP contribution in [0.25, 0.3) is 11.1 Å². The second-order valence-electron chi connectivity index (χ2n) is 8.79. The van der Waals surface area contributed by atoms with Gasteiger partial charge in [0.2, 0.25) is 0 Å². The number of hydrogen-bond acceptors (Lipinski definition) is 6. The predicted molar refractivity (Wildman–Crippen MR) is 156 cm³/mol. The Balaban J connectivity index is 1.52. The highest BCUT2D eigenvalue weighted by Crippen LogP contribution is 2.37. The number of halogens is 1. The molecule has 0 fully saturated rings. The van der Waals surface area contributed by atoms with E-state index in [2.05, 4.69) is 40.3 Å². The Labute approximate surface area is 238 Å². The number of hydrogen-bond donors (Lipinski definition) is 1. The Kier molecular flexibility index (Phi) is 9.85. The van der Waals surface area contributed by atoms with Gasteiger partial charge in [0.25, 0.3) is 0 Å². The molecule has 0 radical (unpaired) electrons. The molecule has 4 aromatic rings. The topological polar surface area (TPSA) is 72.7 Å². The van der Waals surface area contributed by atoms with E-state index >= 15 is 0 Å². The maximum atomic E-state index is 9.19. The lowest BCUT2D eigenvalue weighted by Gasteiger charge is -2.16. The van der Waals surface area contributed by atoms with Crippen LogP contribution >= 0.6 is 15.9 Å². The zero-order chi connectivity index (χ0) is 27.6. The van der Waals surface area contributed by atoms with Crippen molar-refractivity contribution in [2.24, 2.45) is 0 Å². The molecule has 0 bridgehead atoms. The molecule has 0 saturated heterocycles. The van der Waals surface area contributed by atoms with Crippen LogP contribution < -0.4 is 24.3 Å². The van der Waals surface area contributed by atoms with Crippen LogP contribution in [0.4, 0.5) is 0 Å². The predicted octanol–water partition coefficient (Wildman–Crippen LogP) is 7.27. The molecular weight excluding hydrogens is 556 g/mol. The van der Waals surface area contributed by atoms with Crippen molar-refractivity contribution in [3.8, 4) is 40.2 Å². The number of nitrogens with one attached hydrogen (secondary N) is 1. The fraction of sp³-hybridized carbons (Fsp3) is 0.219. The largest absolute Gasteiger partial charge is 0.493 e. The average molecular weight is 588 g/mol. The maximum Gasteiger partial charge on any atom is 0.161 e. The fourth-order valence-electron chi connectivity index (χ4n) is 4.14. The maximum absolute atomic E-state index is 9.19. The van der Waals surface area contributed by atoms with Crippen LogP contribution in [0.2, 0.25) is 0 Å². The molecule has 0 atom stereocenters. The van der Waals surface area contributed by atoms with Crippen LogP contribution in [0.5, 0.6) is 23.0 Å². The van der Waals surface area contributed by atoms with E-state index in [9.17, 15) is 5.26 Å². The molecule has 0 spiro atoms. The Morgan fingerprint density at radius 1 is 0.795 bits per heavy atom. The van der Waals surface area contributed by atoms with Gasteiger partial charge in [-0.15, -0.1) is 0 Å². The minimum atomic E-state index is 0.358. The lowest BCUT2D eigenvalue weighted by atomic mass is 10.0. The monoisotopic (exact) mass is 586 g/mol. The van der Waals surface area contributed by atoms with E-state index < -0.39 is 0 Å². The van der Waals surface area contributed by atoms with Crippen molar-refractivity contribution < 1.29 is 18.9 Å². The zero-order valence-corrected chi connectivity index (χ0v) is 23.9. The first-order valence-electron chi connectivity index (χ1n) is 12.6. The van der Waals surface area contributed by atoms with Gasteiger partial charge in [-0.1, -0.05) is 49.4 Å². The van der Waals surface area contributed by atoms with Gasteiger partial charge in [0.05, 0.1) is 25.9 Å². The molecule has 200 valence electrons. The molecule has 0 saturated carbocycles. The van der Waals surface area contributed by atoms with Crippen molar-refractivity contribution in [1.82, 2.24) is 5.32 Å². The highest BCUT2D eigenvalue weighted by Gasteiger charge is 2.13. The third kappa shape index (κ3) is 7.11. The van der Waals surface area contributed by atoms with Gasteiger partial charge in [-0.25, -0.2) is 0 Å². The molecule has 7 heteroatoms. The number of benzene rings is 4. The molecule has 4 rings (SSSR count). The molecule has 4 aromatic carbocycles. The molecule has 0 aromatic heterocycles. The quantitative estimate of drug-likeness (QED) is 0.188. The second kappa shape index (κ2) is 13.7. The van der Waals surface area contributed by atoms with Gasteiger partial charge in [-0.2, -0.15) is 5.26 Å². The van der Waals surface area contributed by atoms with Crippen molar-refractivity contribution in [3.63, 3.8) is 0 Å². The third-order valence-corrected chi connectivity index (χ3v) is 7.16. The molecular formula is C32H31BrN2O4. The summed E-state index contributed by atoms with van der Waals surface area (Å²) < 4.78 is 24.2. The normalized spacial score (nSPS) is 10.5.